The first-order valence-corrected chi connectivity index (χ1v) is 7.27. The third kappa shape index (κ3) is 5.31. The highest BCUT2D eigenvalue weighted by Crippen LogP contribution is 2.11. The number of ether oxygens (including phenoxy) is 1. The van der Waals surface area contributed by atoms with Crippen molar-refractivity contribution in [1.82, 2.24) is 9.80 Å². The summed E-state index contributed by atoms with van der Waals surface area (Å²) in [7, 11) is 4.27. The van der Waals surface area contributed by atoms with Crippen molar-refractivity contribution < 1.29 is 4.74 Å². The van der Waals surface area contributed by atoms with E-state index in [2.05, 4.69) is 48.2 Å². The van der Waals surface area contributed by atoms with E-state index in [0.29, 0.717) is 0 Å². The Morgan fingerprint density at radius 1 is 1.16 bits per heavy atom. The molecule has 3 heteroatoms. The summed E-state index contributed by atoms with van der Waals surface area (Å²) in [4.78, 5) is 4.72. The van der Waals surface area contributed by atoms with Crippen LogP contribution in [0.4, 0.5) is 0 Å². The molecule has 19 heavy (non-hydrogen) atoms. The maximum absolute atomic E-state index is 5.39. The van der Waals surface area contributed by atoms with Crippen LogP contribution in [0.5, 0.6) is 0 Å². The van der Waals surface area contributed by atoms with E-state index in [1.807, 2.05) is 0 Å². The maximum Gasteiger partial charge on any atom is 0.0594 e. The highest BCUT2D eigenvalue weighted by Gasteiger charge is 2.10. The van der Waals surface area contributed by atoms with E-state index in [0.717, 1.165) is 39.4 Å². The lowest BCUT2D eigenvalue weighted by atomic mass is 10.1. The van der Waals surface area contributed by atoms with Gasteiger partial charge in [0.2, 0.25) is 0 Å². The number of aryl methyl sites for hydroxylation is 1. The SMILES string of the molecule is CN(C)CCCc1cccc(CN2CCOCC2)c1. The van der Waals surface area contributed by atoms with Crippen molar-refractivity contribution in [2.45, 2.75) is 19.4 Å². The van der Waals surface area contributed by atoms with Crippen molar-refractivity contribution in [3.05, 3.63) is 35.4 Å². The van der Waals surface area contributed by atoms with Crippen LogP contribution in [0.2, 0.25) is 0 Å². The van der Waals surface area contributed by atoms with E-state index in [1.54, 1.807) is 0 Å². The Kier molecular flexibility index (Phi) is 5.83. The first-order valence-electron chi connectivity index (χ1n) is 7.27. The predicted octanol–water partition coefficient (Wildman–Crippen LogP) is 2.01. The lowest BCUT2D eigenvalue weighted by Crippen LogP contribution is -2.35. The minimum absolute atomic E-state index is 0.878. The van der Waals surface area contributed by atoms with Crippen molar-refractivity contribution in [1.29, 1.82) is 0 Å². The van der Waals surface area contributed by atoms with Crippen LogP contribution in [-0.2, 0) is 17.7 Å². The Balaban J connectivity index is 1.83. The van der Waals surface area contributed by atoms with Crippen LogP contribution in [0.15, 0.2) is 24.3 Å². The number of hydrogen-bond donors (Lipinski definition) is 0. The van der Waals surface area contributed by atoms with Crippen LogP contribution in [0.25, 0.3) is 0 Å². The molecular formula is C16H26N2O. The van der Waals surface area contributed by atoms with Gasteiger partial charge in [0, 0.05) is 19.6 Å². The molecular weight excluding hydrogens is 236 g/mol. The largest absolute Gasteiger partial charge is 0.379 e. The lowest BCUT2D eigenvalue weighted by Gasteiger charge is -2.26. The van der Waals surface area contributed by atoms with Crippen molar-refractivity contribution in [3.63, 3.8) is 0 Å². The van der Waals surface area contributed by atoms with Crippen molar-refractivity contribution in [2.24, 2.45) is 0 Å². The minimum atomic E-state index is 0.878. The van der Waals surface area contributed by atoms with Crippen molar-refractivity contribution >= 4 is 0 Å². The summed E-state index contributed by atoms with van der Waals surface area (Å²) in [6, 6.07) is 9.05. The smallest absolute Gasteiger partial charge is 0.0594 e. The first-order chi connectivity index (χ1) is 9.24. The Morgan fingerprint density at radius 3 is 2.63 bits per heavy atom. The van der Waals surface area contributed by atoms with Gasteiger partial charge in [-0.2, -0.15) is 0 Å². The fraction of sp³-hybridized carbons (Fsp3) is 0.625. The summed E-state index contributed by atoms with van der Waals surface area (Å²) in [5.41, 5.74) is 2.90. The van der Waals surface area contributed by atoms with E-state index in [1.165, 1.54) is 24.0 Å². The summed E-state index contributed by atoms with van der Waals surface area (Å²) >= 11 is 0. The number of rotatable bonds is 6. The summed E-state index contributed by atoms with van der Waals surface area (Å²) in [6.45, 7) is 6.10. The monoisotopic (exact) mass is 262 g/mol. The molecule has 0 N–H and O–H groups in total. The van der Waals surface area contributed by atoms with Crippen LogP contribution in [0.3, 0.4) is 0 Å². The molecule has 0 bridgehead atoms. The summed E-state index contributed by atoms with van der Waals surface area (Å²) in [6.07, 6.45) is 2.41. The zero-order valence-corrected chi connectivity index (χ0v) is 12.3. The Morgan fingerprint density at radius 2 is 1.89 bits per heavy atom. The number of nitrogens with zero attached hydrogens (tertiary/aromatic N) is 2. The van der Waals surface area contributed by atoms with Gasteiger partial charge < -0.3 is 9.64 Å². The van der Waals surface area contributed by atoms with E-state index >= 15 is 0 Å². The molecule has 3 nitrogen and oxygen atoms in total. The van der Waals surface area contributed by atoms with E-state index in [4.69, 9.17) is 4.74 Å². The first kappa shape index (κ1) is 14.5. The molecule has 1 aliphatic rings. The summed E-state index contributed by atoms with van der Waals surface area (Å²) in [5, 5.41) is 0. The molecule has 106 valence electrons. The predicted molar refractivity (Wildman–Crippen MR) is 79.4 cm³/mol. The van der Waals surface area contributed by atoms with E-state index in [-0.39, 0.29) is 0 Å². The average molecular weight is 262 g/mol. The Hall–Kier alpha value is -0.900. The molecule has 0 saturated carbocycles. The second kappa shape index (κ2) is 7.63. The normalized spacial score (nSPS) is 17.0. The van der Waals surface area contributed by atoms with Gasteiger partial charge in [0.25, 0.3) is 0 Å². The molecule has 0 aromatic heterocycles. The molecule has 1 saturated heterocycles. The number of hydrogen-bond acceptors (Lipinski definition) is 3. The second-order valence-electron chi connectivity index (χ2n) is 5.62. The summed E-state index contributed by atoms with van der Waals surface area (Å²) < 4.78 is 5.39. The molecule has 0 aliphatic carbocycles. The third-order valence-corrected chi connectivity index (χ3v) is 3.57. The lowest BCUT2D eigenvalue weighted by molar-refractivity contribution is 0.0342. The fourth-order valence-corrected chi connectivity index (χ4v) is 2.50. The van der Waals surface area contributed by atoms with Gasteiger partial charge in [0.05, 0.1) is 13.2 Å². The van der Waals surface area contributed by atoms with Crippen LogP contribution < -0.4 is 0 Å². The molecule has 1 heterocycles. The Bertz CT molecular complexity index is 373. The average Bonchev–Trinajstić information content (AvgIpc) is 2.40. The van der Waals surface area contributed by atoms with Crippen LogP contribution in [-0.4, -0.2) is 56.7 Å². The van der Waals surface area contributed by atoms with Gasteiger partial charge >= 0.3 is 0 Å². The molecule has 0 unspecified atom stereocenters. The standard InChI is InChI=1S/C16H26N2O/c1-17(2)8-4-7-15-5-3-6-16(13-15)14-18-9-11-19-12-10-18/h3,5-6,13H,4,7-12,14H2,1-2H3. The highest BCUT2D eigenvalue weighted by molar-refractivity contribution is 5.23. The molecule has 1 aromatic rings. The number of morpholine rings is 1. The van der Waals surface area contributed by atoms with E-state index < -0.39 is 0 Å². The van der Waals surface area contributed by atoms with Crippen molar-refractivity contribution in [3.8, 4) is 0 Å². The third-order valence-electron chi connectivity index (χ3n) is 3.57. The van der Waals surface area contributed by atoms with E-state index in [9.17, 15) is 0 Å². The number of benzene rings is 1. The van der Waals surface area contributed by atoms with Gasteiger partial charge in [-0.1, -0.05) is 24.3 Å². The summed E-state index contributed by atoms with van der Waals surface area (Å²) in [5.74, 6) is 0. The molecule has 0 spiro atoms. The molecule has 0 radical (unpaired) electrons. The van der Waals surface area contributed by atoms with Gasteiger partial charge in [-0.05, 0) is 44.6 Å². The minimum Gasteiger partial charge on any atom is -0.379 e. The zero-order valence-electron chi connectivity index (χ0n) is 12.3. The molecule has 1 fully saturated rings. The molecule has 0 amide bonds. The van der Waals surface area contributed by atoms with Crippen LogP contribution in [0, 0.1) is 0 Å². The van der Waals surface area contributed by atoms with Crippen molar-refractivity contribution in [2.75, 3.05) is 46.9 Å². The molecule has 1 aromatic carbocycles. The molecule has 1 aliphatic heterocycles. The van der Waals surface area contributed by atoms with Crippen LogP contribution >= 0.6 is 0 Å². The quantitative estimate of drug-likeness (QED) is 0.780. The molecule has 0 atom stereocenters. The van der Waals surface area contributed by atoms with Gasteiger partial charge in [-0.15, -0.1) is 0 Å². The second-order valence-corrected chi connectivity index (χ2v) is 5.62. The Labute approximate surface area is 117 Å². The maximum atomic E-state index is 5.39. The molecule has 2 rings (SSSR count). The van der Waals surface area contributed by atoms with Gasteiger partial charge in [0.15, 0.2) is 0 Å². The zero-order chi connectivity index (χ0) is 13.5. The highest BCUT2D eigenvalue weighted by atomic mass is 16.5. The van der Waals surface area contributed by atoms with Gasteiger partial charge in [0.1, 0.15) is 0 Å². The van der Waals surface area contributed by atoms with Gasteiger partial charge in [-0.25, -0.2) is 0 Å². The fourth-order valence-electron chi connectivity index (χ4n) is 2.50. The topological polar surface area (TPSA) is 15.7 Å². The van der Waals surface area contributed by atoms with Gasteiger partial charge in [-0.3, -0.25) is 4.90 Å². The van der Waals surface area contributed by atoms with Crippen LogP contribution in [0.1, 0.15) is 17.5 Å².